The van der Waals surface area contributed by atoms with Crippen LogP contribution in [0.15, 0.2) is 6.20 Å². The molecule has 15 heavy (non-hydrogen) atoms. The molecule has 1 aliphatic rings. The third-order valence-corrected chi connectivity index (χ3v) is 3.02. The molecule has 0 N–H and O–H groups in total. The summed E-state index contributed by atoms with van der Waals surface area (Å²) in [6.07, 6.45) is 6.21. The van der Waals surface area contributed by atoms with E-state index in [1.807, 2.05) is 6.26 Å². The zero-order valence-electron chi connectivity index (χ0n) is 8.57. The van der Waals surface area contributed by atoms with Gasteiger partial charge in [-0.25, -0.2) is 9.97 Å². The van der Waals surface area contributed by atoms with Crippen LogP contribution in [0.4, 0.5) is 0 Å². The lowest BCUT2D eigenvalue weighted by Crippen LogP contribution is -2.02. The summed E-state index contributed by atoms with van der Waals surface area (Å²) < 4.78 is 5.53. The molecule has 0 aromatic carbocycles. The fraction of sp³-hybridized carbons (Fsp3) is 0.600. The van der Waals surface area contributed by atoms with E-state index in [1.54, 1.807) is 18.0 Å². The summed E-state index contributed by atoms with van der Waals surface area (Å²) in [7, 11) is 0. The molecule has 1 fully saturated rings. The van der Waals surface area contributed by atoms with Gasteiger partial charge >= 0.3 is 0 Å². The Morgan fingerprint density at radius 3 is 3.00 bits per heavy atom. The van der Waals surface area contributed by atoms with Crippen LogP contribution in [0.2, 0.25) is 5.15 Å². The Kier molecular flexibility index (Phi) is 3.70. The van der Waals surface area contributed by atoms with Gasteiger partial charge in [-0.3, -0.25) is 0 Å². The average molecular weight is 245 g/mol. The Hall–Kier alpha value is -0.480. The van der Waals surface area contributed by atoms with Gasteiger partial charge in [0.05, 0.1) is 18.6 Å². The molecule has 1 aliphatic carbocycles. The first-order chi connectivity index (χ1) is 7.29. The highest BCUT2D eigenvalue weighted by atomic mass is 35.5. The first-order valence-electron chi connectivity index (χ1n) is 4.92. The molecular formula is C10H13ClN2OS. The molecule has 5 heteroatoms. The third kappa shape index (κ3) is 3.24. The molecule has 0 aliphatic heterocycles. The molecule has 3 nitrogen and oxygen atoms in total. The standard InChI is InChI=1S/C10H13ClN2OS/c1-15-6-9-12-4-8(10(11)13-9)14-5-7-2-3-7/h4,7H,2-3,5-6H2,1H3. The Morgan fingerprint density at radius 2 is 2.40 bits per heavy atom. The largest absolute Gasteiger partial charge is 0.488 e. The molecule has 82 valence electrons. The SMILES string of the molecule is CSCc1ncc(OCC2CC2)c(Cl)n1. The van der Waals surface area contributed by atoms with Gasteiger partial charge < -0.3 is 4.74 Å². The molecule has 1 heterocycles. The Labute approximate surface area is 98.6 Å². The van der Waals surface area contributed by atoms with Crippen LogP contribution in [0.25, 0.3) is 0 Å². The molecule has 1 saturated carbocycles. The Bertz CT molecular complexity index is 344. The van der Waals surface area contributed by atoms with Gasteiger partial charge in [0.15, 0.2) is 10.9 Å². The number of halogens is 1. The maximum absolute atomic E-state index is 5.98. The summed E-state index contributed by atoms with van der Waals surface area (Å²) in [6, 6.07) is 0. The quantitative estimate of drug-likeness (QED) is 0.746. The van der Waals surface area contributed by atoms with Crippen molar-refractivity contribution in [2.75, 3.05) is 12.9 Å². The number of hydrogen-bond acceptors (Lipinski definition) is 4. The molecular weight excluding hydrogens is 232 g/mol. The monoisotopic (exact) mass is 244 g/mol. The number of ether oxygens (including phenoxy) is 1. The first kappa shape index (κ1) is 11.0. The normalized spacial score (nSPS) is 15.3. The van der Waals surface area contributed by atoms with Gasteiger partial charge in [-0.2, -0.15) is 11.8 Å². The van der Waals surface area contributed by atoms with E-state index in [-0.39, 0.29) is 0 Å². The number of rotatable bonds is 5. The molecule has 0 saturated heterocycles. The maximum Gasteiger partial charge on any atom is 0.174 e. The van der Waals surface area contributed by atoms with Gasteiger partial charge in [-0.15, -0.1) is 0 Å². The second-order valence-electron chi connectivity index (χ2n) is 3.63. The number of hydrogen-bond donors (Lipinski definition) is 0. The van der Waals surface area contributed by atoms with Gasteiger partial charge in [-0.05, 0) is 25.0 Å². The van der Waals surface area contributed by atoms with Crippen LogP contribution >= 0.6 is 23.4 Å². The first-order valence-corrected chi connectivity index (χ1v) is 6.70. The van der Waals surface area contributed by atoms with E-state index < -0.39 is 0 Å². The van der Waals surface area contributed by atoms with Gasteiger partial charge in [0.1, 0.15) is 5.82 Å². The zero-order valence-corrected chi connectivity index (χ0v) is 10.1. The lowest BCUT2D eigenvalue weighted by atomic mass is 10.4. The zero-order chi connectivity index (χ0) is 10.7. The molecule has 0 unspecified atom stereocenters. The van der Waals surface area contributed by atoms with Crippen LogP contribution < -0.4 is 4.74 Å². The van der Waals surface area contributed by atoms with Crippen molar-refractivity contribution in [2.24, 2.45) is 5.92 Å². The summed E-state index contributed by atoms with van der Waals surface area (Å²) in [5.41, 5.74) is 0. The molecule has 0 amide bonds. The van der Waals surface area contributed by atoms with Crippen molar-refractivity contribution in [3.8, 4) is 5.75 Å². The van der Waals surface area contributed by atoms with Crippen molar-refractivity contribution >= 4 is 23.4 Å². The van der Waals surface area contributed by atoms with Gasteiger partial charge in [-0.1, -0.05) is 11.6 Å². The van der Waals surface area contributed by atoms with Crippen LogP contribution in [-0.4, -0.2) is 22.8 Å². The second-order valence-corrected chi connectivity index (χ2v) is 4.85. The van der Waals surface area contributed by atoms with Crippen molar-refractivity contribution < 1.29 is 4.74 Å². The molecule has 1 aromatic heterocycles. The van der Waals surface area contributed by atoms with E-state index in [9.17, 15) is 0 Å². The topological polar surface area (TPSA) is 35.0 Å². The van der Waals surface area contributed by atoms with Crippen molar-refractivity contribution in [3.05, 3.63) is 17.2 Å². The highest BCUT2D eigenvalue weighted by Gasteiger charge is 2.22. The predicted octanol–water partition coefficient (Wildman–Crippen LogP) is 2.78. The summed E-state index contributed by atoms with van der Waals surface area (Å²) in [5.74, 6) is 2.86. The summed E-state index contributed by atoms with van der Waals surface area (Å²) in [4.78, 5) is 8.36. The molecule has 0 spiro atoms. The third-order valence-electron chi connectivity index (χ3n) is 2.21. The maximum atomic E-state index is 5.98. The Balaban J connectivity index is 1.97. The second kappa shape index (κ2) is 5.03. The van der Waals surface area contributed by atoms with Crippen molar-refractivity contribution in [1.29, 1.82) is 0 Å². The summed E-state index contributed by atoms with van der Waals surface area (Å²) >= 11 is 7.66. The highest BCUT2D eigenvalue weighted by Crippen LogP contribution is 2.30. The van der Waals surface area contributed by atoms with Crippen LogP contribution in [0.3, 0.4) is 0 Å². The number of nitrogens with zero attached hydrogens (tertiary/aromatic N) is 2. The highest BCUT2D eigenvalue weighted by molar-refractivity contribution is 7.97. The van der Waals surface area contributed by atoms with E-state index in [1.165, 1.54) is 12.8 Å². The van der Waals surface area contributed by atoms with Gasteiger partial charge in [0, 0.05) is 0 Å². The van der Waals surface area contributed by atoms with Gasteiger partial charge in [0.2, 0.25) is 0 Å². The van der Waals surface area contributed by atoms with E-state index in [0.717, 1.165) is 18.2 Å². The number of aromatic nitrogens is 2. The van der Waals surface area contributed by atoms with Crippen molar-refractivity contribution in [3.63, 3.8) is 0 Å². The van der Waals surface area contributed by atoms with Crippen LogP contribution in [0.5, 0.6) is 5.75 Å². The van der Waals surface area contributed by atoms with Crippen LogP contribution in [0.1, 0.15) is 18.7 Å². The molecule has 1 aromatic rings. The van der Waals surface area contributed by atoms with Crippen molar-refractivity contribution in [1.82, 2.24) is 9.97 Å². The van der Waals surface area contributed by atoms with Crippen LogP contribution in [-0.2, 0) is 5.75 Å². The lowest BCUT2D eigenvalue weighted by molar-refractivity contribution is 0.297. The van der Waals surface area contributed by atoms with E-state index >= 15 is 0 Å². The minimum Gasteiger partial charge on any atom is -0.488 e. The van der Waals surface area contributed by atoms with Crippen molar-refractivity contribution in [2.45, 2.75) is 18.6 Å². The summed E-state index contributed by atoms with van der Waals surface area (Å²) in [5, 5.41) is 0.426. The summed E-state index contributed by atoms with van der Waals surface area (Å²) in [6.45, 7) is 0.741. The minimum atomic E-state index is 0.426. The average Bonchev–Trinajstić information content (AvgIpc) is 3.01. The Morgan fingerprint density at radius 1 is 1.60 bits per heavy atom. The lowest BCUT2D eigenvalue weighted by Gasteiger charge is -2.06. The van der Waals surface area contributed by atoms with Gasteiger partial charge in [0.25, 0.3) is 0 Å². The molecule has 0 atom stereocenters. The fourth-order valence-electron chi connectivity index (χ4n) is 1.17. The van der Waals surface area contributed by atoms with E-state index in [4.69, 9.17) is 16.3 Å². The minimum absolute atomic E-state index is 0.426. The molecule has 2 rings (SSSR count). The van der Waals surface area contributed by atoms with E-state index in [0.29, 0.717) is 16.8 Å². The predicted molar refractivity (Wildman–Crippen MR) is 62.5 cm³/mol. The molecule has 0 bridgehead atoms. The fourth-order valence-corrected chi connectivity index (χ4v) is 1.77. The molecule has 0 radical (unpaired) electrons. The smallest absolute Gasteiger partial charge is 0.174 e. The van der Waals surface area contributed by atoms with Crippen LogP contribution in [0, 0.1) is 5.92 Å². The van der Waals surface area contributed by atoms with E-state index in [2.05, 4.69) is 9.97 Å². The number of thioether (sulfide) groups is 1.